The minimum absolute atomic E-state index is 0.0495. The Kier molecular flexibility index (Phi) is 5.57. The largest absolute Gasteiger partial charge is 0.493 e. The van der Waals surface area contributed by atoms with E-state index in [1.54, 1.807) is 0 Å². The Bertz CT molecular complexity index is 772. The van der Waals surface area contributed by atoms with Crippen LogP contribution >= 0.6 is 0 Å². The SMILES string of the molecule is COc1cc(C(=O)/C=C/c2cccc(F)c2F)ccc1OC(F)F. The number of methoxy groups -OCH3 is 1. The predicted octanol–water partition coefficient (Wildman–Crippen LogP) is 4.47. The van der Waals surface area contributed by atoms with E-state index in [4.69, 9.17) is 4.74 Å². The molecule has 2 aromatic rings. The van der Waals surface area contributed by atoms with Crippen molar-refractivity contribution in [1.29, 1.82) is 0 Å². The Morgan fingerprint density at radius 2 is 1.88 bits per heavy atom. The first-order chi connectivity index (χ1) is 11.4. The molecule has 0 heterocycles. The Morgan fingerprint density at radius 3 is 2.54 bits per heavy atom. The first-order valence-corrected chi connectivity index (χ1v) is 6.71. The molecule has 0 saturated heterocycles. The van der Waals surface area contributed by atoms with Crippen LogP contribution in [0, 0.1) is 11.6 Å². The maximum Gasteiger partial charge on any atom is 0.387 e. The van der Waals surface area contributed by atoms with E-state index in [9.17, 15) is 22.4 Å². The minimum atomic E-state index is -3.03. The zero-order valence-electron chi connectivity index (χ0n) is 12.4. The summed E-state index contributed by atoms with van der Waals surface area (Å²) < 4.78 is 60.2. The number of rotatable bonds is 6. The number of hydrogen-bond donors (Lipinski definition) is 0. The summed E-state index contributed by atoms with van der Waals surface area (Å²) in [6.45, 7) is -3.03. The number of alkyl halides is 2. The molecule has 0 spiro atoms. The lowest BCUT2D eigenvalue weighted by Gasteiger charge is -2.10. The monoisotopic (exact) mass is 340 g/mol. The zero-order chi connectivity index (χ0) is 17.7. The zero-order valence-corrected chi connectivity index (χ0v) is 12.4. The summed E-state index contributed by atoms with van der Waals surface area (Å²) >= 11 is 0. The van der Waals surface area contributed by atoms with Gasteiger partial charge in [0, 0.05) is 11.1 Å². The molecule has 7 heteroatoms. The lowest BCUT2D eigenvalue weighted by atomic mass is 10.1. The summed E-state index contributed by atoms with van der Waals surface area (Å²) in [7, 11) is 1.24. The second-order valence-electron chi connectivity index (χ2n) is 4.58. The molecule has 0 saturated carbocycles. The van der Waals surface area contributed by atoms with Crippen molar-refractivity contribution in [2.24, 2.45) is 0 Å². The normalized spacial score (nSPS) is 11.1. The van der Waals surface area contributed by atoms with E-state index in [2.05, 4.69) is 4.74 Å². The number of carbonyl (C=O) groups is 1. The third kappa shape index (κ3) is 4.13. The number of ketones is 1. The predicted molar refractivity (Wildman–Crippen MR) is 79.3 cm³/mol. The third-order valence-corrected chi connectivity index (χ3v) is 3.06. The van der Waals surface area contributed by atoms with Gasteiger partial charge >= 0.3 is 6.61 Å². The van der Waals surface area contributed by atoms with Crippen LogP contribution in [0.15, 0.2) is 42.5 Å². The van der Waals surface area contributed by atoms with Gasteiger partial charge < -0.3 is 9.47 Å². The van der Waals surface area contributed by atoms with Crippen molar-refractivity contribution in [3.63, 3.8) is 0 Å². The van der Waals surface area contributed by atoms with E-state index in [1.165, 1.54) is 31.4 Å². The topological polar surface area (TPSA) is 35.5 Å². The van der Waals surface area contributed by atoms with Crippen molar-refractivity contribution in [3.8, 4) is 11.5 Å². The van der Waals surface area contributed by atoms with Gasteiger partial charge in [-0.3, -0.25) is 4.79 Å². The van der Waals surface area contributed by atoms with Gasteiger partial charge in [0.25, 0.3) is 0 Å². The lowest BCUT2D eigenvalue weighted by Crippen LogP contribution is -2.04. The van der Waals surface area contributed by atoms with Gasteiger partial charge in [-0.15, -0.1) is 0 Å². The van der Waals surface area contributed by atoms with Gasteiger partial charge in [0.2, 0.25) is 0 Å². The Hall–Kier alpha value is -2.83. The molecule has 0 radical (unpaired) electrons. The van der Waals surface area contributed by atoms with Gasteiger partial charge in [-0.2, -0.15) is 8.78 Å². The van der Waals surface area contributed by atoms with Crippen LogP contribution in [0.3, 0.4) is 0 Å². The van der Waals surface area contributed by atoms with E-state index in [1.807, 2.05) is 0 Å². The summed E-state index contributed by atoms with van der Waals surface area (Å²) in [6, 6.07) is 7.21. The fraction of sp³-hybridized carbons (Fsp3) is 0.118. The van der Waals surface area contributed by atoms with Crippen LogP contribution < -0.4 is 9.47 Å². The van der Waals surface area contributed by atoms with Crippen molar-refractivity contribution >= 4 is 11.9 Å². The molecule has 0 N–H and O–H groups in total. The molecule has 24 heavy (non-hydrogen) atoms. The standard InChI is InChI=1S/C17H12F4O3/c1-23-15-9-11(6-8-14(15)24-17(20)21)13(22)7-5-10-3-2-4-12(18)16(10)19/h2-9,17H,1H3/b7-5+. The van der Waals surface area contributed by atoms with Gasteiger partial charge in [0.05, 0.1) is 7.11 Å². The van der Waals surface area contributed by atoms with E-state index in [0.717, 1.165) is 24.3 Å². The third-order valence-electron chi connectivity index (χ3n) is 3.06. The molecule has 0 aliphatic carbocycles. The molecular weight excluding hydrogens is 328 g/mol. The van der Waals surface area contributed by atoms with E-state index >= 15 is 0 Å². The fourth-order valence-electron chi connectivity index (χ4n) is 1.93. The molecule has 0 aliphatic heterocycles. The summed E-state index contributed by atoms with van der Waals surface area (Å²) in [5.41, 5.74) is 0.0227. The summed E-state index contributed by atoms with van der Waals surface area (Å²) in [5, 5.41) is 0. The Balaban J connectivity index is 2.23. The van der Waals surface area contributed by atoms with Crippen LogP contribution in [0.1, 0.15) is 15.9 Å². The lowest BCUT2D eigenvalue weighted by molar-refractivity contribution is -0.0512. The highest BCUT2D eigenvalue weighted by molar-refractivity contribution is 6.07. The van der Waals surface area contributed by atoms with Gasteiger partial charge in [0.15, 0.2) is 28.9 Å². The van der Waals surface area contributed by atoms with Crippen molar-refractivity contribution in [3.05, 3.63) is 65.2 Å². The highest BCUT2D eigenvalue weighted by Crippen LogP contribution is 2.29. The second kappa shape index (κ2) is 7.63. The van der Waals surface area contributed by atoms with Crippen molar-refractivity contribution in [2.75, 3.05) is 7.11 Å². The number of carbonyl (C=O) groups excluding carboxylic acids is 1. The summed E-state index contributed by atoms with van der Waals surface area (Å²) in [6.07, 6.45) is 2.16. The van der Waals surface area contributed by atoms with Crippen molar-refractivity contribution in [2.45, 2.75) is 6.61 Å². The molecule has 126 valence electrons. The maximum atomic E-state index is 13.5. The average molecular weight is 340 g/mol. The van der Waals surface area contributed by atoms with Crippen LogP contribution in [0.4, 0.5) is 17.6 Å². The first-order valence-electron chi connectivity index (χ1n) is 6.71. The van der Waals surface area contributed by atoms with Crippen LogP contribution in [0.2, 0.25) is 0 Å². The molecule has 0 unspecified atom stereocenters. The highest BCUT2D eigenvalue weighted by atomic mass is 19.3. The molecule has 0 aliphatic rings. The molecular formula is C17H12F4O3. The minimum Gasteiger partial charge on any atom is -0.493 e. The molecule has 0 fully saturated rings. The fourth-order valence-corrected chi connectivity index (χ4v) is 1.93. The molecule has 0 aromatic heterocycles. The maximum absolute atomic E-state index is 13.5. The van der Waals surface area contributed by atoms with Crippen molar-refractivity contribution in [1.82, 2.24) is 0 Å². The molecule has 2 aromatic carbocycles. The Labute approximate surface area is 135 Å². The number of ether oxygens (including phenoxy) is 2. The van der Waals surface area contributed by atoms with Crippen LogP contribution in [-0.2, 0) is 0 Å². The quantitative estimate of drug-likeness (QED) is 0.442. The number of hydrogen-bond acceptors (Lipinski definition) is 3. The van der Waals surface area contributed by atoms with Crippen molar-refractivity contribution < 1.29 is 31.8 Å². The second-order valence-corrected chi connectivity index (χ2v) is 4.58. The first kappa shape index (κ1) is 17.5. The molecule has 0 amide bonds. The van der Waals surface area contributed by atoms with Crippen LogP contribution in [-0.4, -0.2) is 19.5 Å². The van der Waals surface area contributed by atoms with Crippen LogP contribution in [0.5, 0.6) is 11.5 Å². The van der Waals surface area contributed by atoms with Gasteiger partial charge in [-0.05, 0) is 36.4 Å². The molecule has 0 atom stereocenters. The van der Waals surface area contributed by atoms with Gasteiger partial charge in [0.1, 0.15) is 0 Å². The highest BCUT2D eigenvalue weighted by Gasteiger charge is 2.13. The van der Waals surface area contributed by atoms with Gasteiger partial charge in [-0.25, -0.2) is 8.78 Å². The Morgan fingerprint density at radius 1 is 1.12 bits per heavy atom. The summed E-state index contributed by atoms with van der Waals surface area (Å²) in [5.74, 6) is -2.91. The number of allylic oxidation sites excluding steroid dienone is 1. The van der Waals surface area contributed by atoms with E-state index in [0.29, 0.717) is 0 Å². The molecule has 0 bridgehead atoms. The van der Waals surface area contributed by atoms with E-state index in [-0.39, 0.29) is 22.6 Å². The smallest absolute Gasteiger partial charge is 0.387 e. The molecule has 2 rings (SSSR count). The number of halogens is 4. The van der Waals surface area contributed by atoms with E-state index < -0.39 is 24.0 Å². The average Bonchev–Trinajstić information content (AvgIpc) is 2.55. The van der Waals surface area contributed by atoms with Crippen LogP contribution in [0.25, 0.3) is 6.08 Å². The summed E-state index contributed by atoms with van der Waals surface area (Å²) in [4.78, 5) is 12.1. The number of benzene rings is 2. The molecule has 3 nitrogen and oxygen atoms in total. The van der Waals surface area contributed by atoms with Gasteiger partial charge in [-0.1, -0.05) is 12.1 Å².